The predicted octanol–water partition coefficient (Wildman–Crippen LogP) is 2.30. The number of carbonyl (C=O) groups excluding carboxylic acids is 1. The fourth-order valence-corrected chi connectivity index (χ4v) is 3.57. The van der Waals surface area contributed by atoms with Gasteiger partial charge in [-0.25, -0.2) is 4.98 Å². The number of carbonyl (C=O) groups is 1. The van der Waals surface area contributed by atoms with E-state index in [0.717, 1.165) is 11.3 Å². The molecule has 4 aromatic rings. The Kier molecular flexibility index (Phi) is 5.85. The largest absolute Gasteiger partial charge is 0.497 e. The van der Waals surface area contributed by atoms with Gasteiger partial charge in [0.2, 0.25) is 0 Å². The molecule has 8 nitrogen and oxygen atoms in total. The van der Waals surface area contributed by atoms with Gasteiger partial charge >= 0.3 is 0 Å². The third-order valence-electron chi connectivity index (χ3n) is 5.23. The maximum atomic E-state index is 13.1. The first kappa shape index (κ1) is 21.0. The summed E-state index contributed by atoms with van der Waals surface area (Å²) >= 11 is 0. The van der Waals surface area contributed by atoms with Crippen molar-refractivity contribution in [3.8, 4) is 5.75 Å². The normalized spacial score (nSPS) is 10.9. The van der Waals surface area contributed by atoms with Crippen molar-refractivity contribution in [2.75, 3.05) is 13.7 Å². The van der Waals surface area contributed by atoms with E-state index in [4.69, 9.17) is 10.1 Å². The molecule has 0 bridgehead atoms. The number of benzene rings is 1. The van der Waals surface area contributed by atoms with Gasteiger partial charge in [-0.1, -0.05) is 24.3 Å². The molecule has 1 amide bonds. The first-order valence-corrected chi connectivity index (χ1v) is 10.1. The van der Waals surface area contributed by atoms with Crippen LogP contribution in [0.3, 0.4) is 0 Å². The van der Waals surface area contributed by atoms with E-state index in [0.29, 0.717) is 24.3 Å². The lowest BCUT2D eigenvalue weighted by molar-refractivity contribution is 0.0951. The minimum Gasteiger partial charge on any atom is -0.497 e. The maximum Gasteiger partial charge on any atom is 0.267 e. The molecule has 8 heteroatoms. The van der Waals surface area contributed by atoms with Crippen molar-refractivity contribution in [1.82, 2.24) is 19.3 Å². The molecule has 0 aliphatic heterocycles. The molecule has 4 rings (SSSR count). The summed E-state index contributed by atoms with van der Waals surface area (Å²) in [6.07, 6.45) is 3.86. The highest BCUT2D eigenvalue weighted by molar-refractivity contribution is 5.96. The summed E-state index contributed by atoms with van der Waals surface area (Å²) < 4.78 is 8.10. The van der Waals surface area contributed by atoms with Crippen LogP contribution in [-0.2, 0) is 13.0 Å². The van der Waals surface area contributed by atoms with Crippen molar-refractivity contribution in [2.24, 2.45) is 0 Å². The average molecular weight is 429 g/mol. The fourth-order valence-electron chi connectivity index (χ4n) is 3.57. The summed E-state index contributed by atoms with van der Waals surface area (Å²) in [5.74, 6) is 0.354. The summed E-state index contributed by atoms with van der Waals surface area (Å²) in [4.78, 5) is 30.5. The molecule has 0 saturated carbocycles. The zero-order valence-corrected chi connectivity index (χ0v) is 17.7. The van der Waals surface area contributed by atoms with E-state index in [1.165, 1.54) is 15.0 Å². The third kappa shape index (κ3) is 3.90. The molecule has 0 atom stereocenters. The molecule has 0 saturated heterocycles. The smallest absolute Gasteiger partial charge is 0.267 e. The van der Waals surface area contributed by atoms with Crippen LogP contribution in [0, 0.1) is 5.41 Å². The molecule has 3 heterocycles. The lowest BCUT2D eigenvalue weighted by Gasteiger charge is -2.13. The molecule has 32 heavy (non-hydrogen) atoms. The second-order valence-electron chi connectivity index (χ2n) is 7.24. The van der Waals surface area contributed by atoms with Crippen molar-refractivity contribution in [1.29, 1.82) is 5.41 Å². The number of ether oxygens (including phenoxy) is 1. The standard InChI is InChI=1S/C24H23N5O3/c1-3-13-29-21(25)18(23(30)26-12-11-16-7-9-17(32-2)10-8-16)15-19-22(29)27-20-6-4-5-14-28(20)24(19)31/h3-10,14-15,25H,1,11-13H2,2H3,(H,26,30). The zero-order chi connectivity index (χ0) is 22.7. The molecule has 0 aliphatic carbocycles. The molecule has 2 N–H and O–H groups in total. The number of hydrogen-bond acceptors (Lipinski definition) is 5. The number of aromatic nitrogens is 3. The number of fused-ring (bicyclic) bond motifs is 2. The third-order valence-corrected chi connectivity index (χ3v) is 5.23. The second kappa shape index (κ2) is 8.89. The lowest BCUT2D eigenvalue weighted by atomic mass is 10.1. The van der Waals surface area contributed by atoms with E-state index in [9.17, 15) is 9.59 Å². The van der Waals surface area contributed by atoms with Gasteiger partial charge < -0.3 is 14.6 Å². The summed E-state index contributed by atoms with van der Waals surface area (Å²) in [6.45, 7) is 4.37. The molecule has 3 aromatic heterocycles. The van der Waals surface area contributed by atoms with Crippen LogP contribution < -0.4 is 21.1 Å². The van der Waals surface area contributed by atoms with E-state index in [1.54, 1.807) is 37.6 Å². The molecular formula is C24H23N5O3. The van der Waals surface area contributed by atoms with Crippen LogP contribution in [0.15, 0.2) is 72.2 Å². The van der Waals surface area contributed by atoms with Crippen LogP contribution in [0.5, 0.6) is 5.75 Å². The Morgan fingerprint density at radius 1 is 1.25 bits per heavy atom. The highest BCUT2D eigenvalue weighted by atomic mass is 16.5. The van der Waals surface area contributed by atoms with Crippen LogP contribution in [0.1, 0.15) is 15.9 Å². The summed E-state index contributed by atoms with van der Waals surface area (Å²) in [6, 6.07) is 14.3. The van der Waals surface area contributed by atoms with Crippen molar-refractivity contribution >= 4 is 22.6 Å². The molecule has 1 aromatic carbocycles. The lowest BCUT2D eigenvalue weighted by Crippen LogP contribution is -2.35. The number of methoxy groups -OCH3 is 1. The van der Waals surface area contributed by atoms with Gasteiger partial charge in [-0.3, -0.25) is 19.4 Å². The summed E-state index contributed by atoms with van der Waals surface area (Å²) in [5.41, 5.74) is 1.66. The first-order valence-electron chi connectivity index (χ1n) is 10.1. The van der Waals surface area contributed by atoms with Gasteiger partial charge in [0.05, 0.1) is 18.1 Å². The van der Waals surface area contributed by atoms with Gasteiger partial charge in [-0.2, -0.15) is 0 Å². The van der Waals surface area contributed by atoms with E-state index in [1.807, 2.05) is 24.3 Å². The highest BCUT2D eigenvalue weighted by Crippen LogP contribution is 2.12. The molecule has 0 unspecified atom stereocenters. The van der Waals surface area contributed by atoms with E-state index in [-0.39, 0.29) is 28.5 Å². The SMILES string of the molecule is C=CCn1c(=N)c(C(=O)NCCc2ccc(OC)cc2)cc2c(=O)n3ccccc3nc21. The van der Waals surface area contributed by atoms with E-state index in [2.05, 4.69) is 16.9 Å². The summed E-state index contributed by atoms with van der Waals surface area (Å²) in [7, 11) is 1.61. The minimum absolute atomic E-state index is 0.0217. The molecule has 0 aliphatic rings. The molecule has 162 valence electrons. The Hall–Kier alpha value is -4.20. The summed E-state index contributed by atoms with van der Waals surface area (Å²) in [5, 5.41) is 11.7. The number of allylic oxidation sites excluding steroid dienone is 1. The number of pyridine rings is 2. The molecule has 0 radical (unpaired) electrons. The maximum absolute atomic E-state index is 13.1. The van der Waals surface area contributed by atoms with E-state index >= 15 is 0 Å². The van der Waals surface area contributed by atoms with Crippen LogP contribution in [0.2, 0.25) is 0 Å². The monoisotopic (exact) mass is 429 g/mol. The van der Waals surface area contributed by atoms with Crippen molar-refractivity contribution in [2.45, 2.75) is 13.0 Å². The minimum atomic E-state index is -0.416. The van der Waals surface area contributed by atoms with Crippen molar-refractivity contribution in [3.63, 3.8) is 0 Å². The van der Waals surface area contributed by atoms with E-state index < -0.39 is 5.91 Å². The number of nitrogens with one attached hydrogen (secondary N) is 2. The highest BCUT2D eigenvalue weighted by Gasteiger charge is 2.16. The van der Waals surface area contributed by atoms with Gasteiger partial charge in [0.25, 0.3) is 11.5 Å². The molecule has 0 fully saturated rings. The van der Waals surface area contributed by atoms with Crippen LogP contribution >= 0.6 is 0 Å². The average Bonchev–Trinajstić information content (AvgIpc) is 2.81. The van der Waals surface area contributed by atoms with Crippen LogP contribution in [0.4, 0.5) is 0 Å². The van der Waals surface area contributed by atoms with Crippen LogP contribution in [0.25, 0.3) is 16.7 Å². The van der Waals surface area contributed by atoms with Gasteiger partial charge in [0, 0.05) is 19.3 Å². The Balaban J connectivity index is 1.68. The predicted molar refractivity (Wildman–Crippen MR) is 122 cm³/mol. The van der Waals surface area contributed by atoms with Gasteiger partial charge in [0.1, 0.15) is 22.5 Å². The number of amides is 1. The number of hydrogen-bond donors (Lipinski definition) is 2. The Labute approximate surface area is 183 Å². The fraction of sp³-hybridized carbons (Fsp3) is 0.167. The molecule has 0 spiro atoms. The Morgan fingerprint density at radius 2 is 2.03 bits per heavy atom. The Bertz CT molecular complexity index is 1430. The van der Waals surface area contributed by atoms with Gasteiger partial charge in [-0.15, -0.1) is 6.58 Å². The number of nitrogens with zero attached hydrogens (tertiary/aromatic N) is 3. The topological polar surface area (TPSA) is 101 Å². The first-order chi connectivity index (χ1) is 15.5. The Morgan fingerprint density at radius 3 is 2.75 bits per heavy atom. The number of rotatable bonds is 7. The quantitative estimate of drug-likeness (QED) is 0.348. The molecular weight excluding hydrogens is 406 g/mol. The second-order valence-corrected chi connectivity index (χ2v) is 7.24. The zero-order valence-electron chi connectivity index (χ0n) is 17.7. The van der Waals surface area contributed by atoms with Crippen molar-refractivity contribution < 1.29 is 9.53 Å². The van der Waals surface area contributed by atoms with Crippen molar-refractivity contribution in [3.05, 3.63) is 94.4 Å². The van der Waals surface area contributed by atoms with Gasteiger partial charge in [-0.05, 0) is 42.3 Å². The van der Waals surface area contributed by atoms with Crippen LogP contribution in [-0.4, -0.2) is 33.5 Å². The van der Waals surface area contributed by atoms with Gasteiger partial charge in [0.15, 0.2) is 0 Å².